The van der Waals surface area contributed by atoms with E-state index in [4.69, 9.17) is 0 Å². The summed E-state index contributed by atoms with van der Waals surface area (Å²) >= 11 is 0. The molecule has 9 heavy (non-hydrogen) atoms. The second kappa shape index (κ2) is 1.62. The summed E-state index contributed by atoms with van der Waals surface area (Å²) in [5.41, 5.74) is 1.75. The summed E-state index contributed by atoms with van der Waals surface area (Å²) in [5.74, 6) is 2.83. The molecule has 2 rings (SSSR count). The number of rotatable bonds is 0. The van der Waals surface area contributed by atoms with E-state index in [1.54, 1.807) is 5.57 Å². The fourth-order valence-electron chi connectivity index (χ4n) is 1.83. The summed E-state index contributed by atoms with van der Waals surface area (Å²) in [6.07, 6.45) is 5.38. The van der Waals surface area contributed by atoms with E-state index in [2.05, 4.69) is 19.9 Å². The van der Waals surface area contributed by atoms with Gasteiger partial charge in [-0.05, 0) is 30.6 Å². The molecule has 0 radical (unpaired) electrons. The first-order valence-corrected chi connectivity index (χ1v) is 3.98. The lowest BCUT2D eigenvalue weighted by molar-refractivity contribution is 0.396. The zero-order valence-electron chi connectivity index (χ0n) is 6.22. The minimum absolute atomic E-state index is 0.860. The van der Waals surface area contributed by atoms with Crippen LogP contribution in [0.2, 0.25) is 0 Å². The van der Waals surface area contributed by atoms with Gasteiger partial charge in [0, 0.05) is 0 Å². The first-order valence-electron chi connectivity index (χ1n) is 3.98. The van der Waals surface area contributed by atoms with Crippen LogP contribution >= 0.6 is 0 Å². The molecule has 1 fully saturated rings. The summed E-state index contributed by atoms with van der Waals surface area (Å²) in [6.45, 7) is 4.71. The molecule has 50 valence electrons. The van der Waals surface area contributed by atoms with Gasteiger partial charge in [-0.25, -0.2) is 0 Å². The van der Waals surface area contributed by atoms with Crippen molar-refractivity contribution >= 4 is 0 Å². The maximum atomic E-state index is 2.48. The molecule has 0 heteroatoms. The molecule has 0 N–H and O–H groups in total. The van der Waals surface area contributed by atoms with Gasteiger partial charge in [0.05, 0.1) is 0 Å². The lowest BCUT2D eigenvalue weighted by atomic mass is 9.87. The minimum atomic E-state index is 0.860. The topological polar surface area (TPSA) is 0 Å². The maximum absolute atomic E-state index is 2.48. The Morgan fingerprint density at radius 2 is 2.22 bits per heavy atom. The van der Waals surface area contributed by atoms with Gasteiger partial charge < -0.3 is 0 Å². The molecule has 0 amide bonds. The Morgan fingerprint density at radius 3 is 2.89 bits per heavy atom. The normalized spacial score (nSPS) is 47.8. The highest BCUT2D eigenvalue weighted by molar-refractivity contribution is 5.27. The van der Waals surface area contributed by atoms with Crippen molar-refractivity contribution in [2.24, 2.45) is 17.8 Å². The summed E-state index contributed by atoms with van der Waals surface area (Å²) in [5, 5.41) is 0. The molecule has 0 bridgehead atoms. The molecule has 3 unspecified atom stereocenters. The average Bonchev–Trinajstić information content (AvgIpc) is 2.46. The molecule has 1 saturated carbocycles. The Labute approximate surface area is 57.0 Å². The van der Waals surface area contributed by atoms with E-state index in [0.29, 0.717) is 0 Å². The van der Waals surface area contributed by atoms with Crippen LogP contribution in [0.15, 0.2) is 11.6 Å². The van der Waals surface area contributed by atoms with Crippen LogP contribution in [0.3, 0.4) is 0 Å². The molecule has 0 aromatic heterocycles. The summed E-state index contributed by atoms with van der Waals surface area (Å²) in [6, 6.07) is 0. The fraction of sp³-hybridized carbons (Fsp3) is 0.778. The zero-order valence-corrected chi connectivity index (χ0v) is 6.22. The fourth-order valence-corrected chi connectivity index (χ4v) is 1.83. The van der Waals surface area contributed by atoms with E-state index in [1.165, 1.54) is 12.8 Å². The predicted octanol–water partition coefficient (Wildman–Crippen LogP) is 2.61. The van der Waals surface area contributed by atoms with Crippen molar-refractivity contribution in [1.82, 2.24) is 0 Å². The second-order valence-corrected chi connectivity index (χ2v) is 3.71. The van der Waals surface area contributed by atoms with E-state index in [0.717, 1.165) is 17.8 Å². The Morgan fingerprint density at radius 1 is 1.44 bits per heavy atom. The Bertz CT molecular complexity index is 155. The smallest absolute Gasteiger partial charge is 0.0163 e. The molecule has 0 aliphatic heterocycles. The number of fused-ring (bicyclic) bond motifs is 1. The Hall–Kier alpha value is -0.260. The van der Waals surface area contributed by atoms with Gasteiger partial charge in [-0.2, -0.15) is 0 Å². The van der Waals surface area contributed by atoms with Gasteiger partial charge in [-0.1, -0.05) is 25.5 Å². The largest absolute Gasteiger partial charge is 0.0819 e. The van der Waals surface area contributed by atoms with Gasteiger partial charge in [0.2, 0.25) is 0 Å². The molecule has 0 aromatic carbocycles. The zero-order chi connectivity index (χ0) is 6.43. The van der Waals surface area contributed by atoms with Crippen molar-refractivity contribution in [3.05, 3.63) is 11.6 Å². The molecule has 0 saturated heterocycles. The highest BCUT2D eigenvalue weighted by atomic mass is 14.4. The molecule has 0 heterocycles. The van der Waals surface area contributed by atoms with Crippen LogP contribution < -0.4 is 0 Å². The molecule has 0 aromatic rings. The average molecular weight is 122 g/mol. The van der Waals surface area contributed by atoms with Gasteiger partial charge >= 0.3 is 0 Å². The number of hydrogen-bond donors (Lipinski definition) is 0. The van der Waals surface area contributed by atoms with Crippen LogP contribution in [-0.2, 0) is 0 Å². The molecule has 0 nitrogen and oxygen atoms in total. The Balaban J connectivity index is 2.16. The first-order chi connectivity index (χ1) is 4.27. The second-order valence-electron chi connectivity index (χ2n) is 3.71. The summed E-state index contributed by atoms with van der Waals surface area (Å²) in [7, 11) is 0. The van der Waals surface area contributed by atoms with Crippen molar-refractivity contribution < 1.29 is 0 Å². The van der Waals surface area contributed by atoms with E-state index in [9.17, 15) is 0 Å². The van der Waals surface area contributed by atoms with Crippen LogP contribution in [0.4, 0.5) is 0 Å². The third kappa shape index (κ3) is 0.810. The Kier molecular flexibility index (Phi) is 0.992. The monoisotopic (exact) mass is 122 g/mol. The van der Waals surface area contributed by atoms with E-state index >= 15 is 0 Å². The van der Waals surface area contributed by atoms with Gasteiger partial charge in [0.1, 0.15) is 0 Å². The molecular weight excluding hydrogens is 108 g/mol. The van der Waals surface area contributed by atoms with Gasteiger partial charge in [0.25, 0.3) is 0 Å². The van der Waals surface area contributed by atoms with Gasteiger partial charge in [0.15, 0.2) is 0 Å². The first kappa shape index (κ1) is 5.52. The highest BCUT2D eigenvalue weighted by Gasteiger charge is 2.35. The van der Waals surface area contributed by atoms with E-state index in [1.807, 2.05) is 0 Å². The summed E-state index contributed by atoms with van der Waals surface area (Å²) < 4.78 is 0. The molecule has 3 atom stereocenters. The van der Waals surface area contributed by atoms with Crippen molar-refractivity contribution in [2.75, 3.05) is 0 Å². The van der Waals surface area contributed by atoms with Crippen molar-refractivity contribution in [1.29, 1.82) is 0 Å². The molecular formula is C9H14. The van der Waals surface area contributed by atoms with E-state index in [-0.39, 0.29) is 0 Å². The van der Waals surface area contributed by atoms with E-state index < -0.39 is 0 Å². The number of hydrogen-bond acceptors (Lipinski definition) is 0. The third-order valence-electron chi connectivity index (χ3n) is 2.88. The minimum Gasteiger partial charge on any atom is -0.0819 e. The van der Waals surface area contributed by atoms with Crippen molar-refractivity contribution in [2.45, 2.75) is 26.7 Å². The quantitative estimate of drug-likeness (QED) is 0.433. The van der Waals surface area contributed by atoms with Crippen LogP contribution in [0.25, 0.3) is 0 Å². The lowest BCUT2D eigenvalue weighted by Gasteiger charge is -2.18. The lowest BCUT2D eigenvalue weighted by Crippen LogP contribution is -2.09. The molecule has 2 aliphatic carbocycles. The number of allylic oxidation sites excluding steroid dienone is 2. The van der Waals surface area contributed by atoms with Crippen LogP contribution in [-0.4, -0.2) is 0 Å². The molecule has 2 aliphatic rings. The van der Waals surface area contributed by atoms with Crippen LogP contribution in [0.5, 0.6) is 0 Å². The SMILES string of the molecule is CC1C=C2CC2CC1C. The maximum Gasteiger partial charge on any atom is -0.0163 e. The van der Waals surface area contributed by atoms with Gasteiger partial charge in [-0.3, -0.25) is 0 Å². The standard InChI is InChI=1S/C9H14/c1-6-3-8-5-9(8)4-7(6)2/h3,6-7,9H,4-5H2,1-2H3. The van der Waals surface area contributed by atoms with Gasteiger partial charge in [-0.15, -0.1) is 0 Å². The highest BCUT2D eigenvalue weighted by Crippen LogP contribution is 2.48. The van der Waals surface area contributed by atoms with Crippen molar-refractivity contribution in [3.8, 4) is 0 Å². The van der Waals surface area contributed by atoms with Crippen molar-refractivity contribution in [3.63, 3.8) is 0 Å². The molecule has 0 spiro atoms. The third-order valence-corrected chi connectivity index (χ3v) is 2.88. The summed E-state index contributed by atoms with van der Waals surface area (Å²) in [4.78, 5) is 0. The predicted molar refractivity (Wildman–Crippen MR) is 39.1 cm³/mol. The van der Waals surface area contributed by atoms with Crippen LogP contribution in [0, 0.1) is 17.8 Å². The van der Waals surface area contributed by atoms with Crippen LogP contribution in [0.1, 0.15) is 26.7 Å².